The molecule has 0 aliphatic heterocycles. The van der Waals surface area contributed by atoms with Gasteiger partial charge in [0.25, 0.3) is 5.56 Å². The predicted molar refractivity (Wildman–Crippen MR) is 104 cm³/mol. The van der Waals surface area contributed by atoms with Crippen molar-refractivity contribution >= 4 is 53.0 Å². The fourth-order valence-electron chi connectivity index (χ4n) is 2.46. The van der Waals surface area contributed by atoms with E-state index in [9.17, 15) is 4.79 Å². The van der Waals surface area contributed by atoms with Crippen LogP contribution in [0.4, 0.5) is 0 Å². The van der Waals surface area contributed by atoms with Crippen molar-refractivity contribution in [3.05, 3.63) is 46.5 Å². The highest BCUT2D eigenvalue weighted by molar-refractivity contribution is 14.2. The summed E-state index contributed by atoms with van der Waals surface area (Å²) in [6.07, 6.45) is 5.82. The minimum atomic E-state index is 0.00474. The third-order valence-corrected chi connectivity index (χ3v) is 6.11. The molecule has 3 rings (SSSR count). The van der Waals surface area contributed by atoms with Crippen LogP contribution in [0.5, 0.6) is 0 Å². The number of rotatable bonds is 3. The van der Waals surface area contributed by atoms with E-state index in [1.165, 1.54) is 9.12 Å². The number of aromatic nitrogens is 3. The second kappa shape index (κ2) is 6.29. The number of hydrogen-bond acceptors (Lipinski definition) is 4. The van der Waals surface area contributed by atoms with Gasteiger partial charge in [-0.05, 0) is 30.9 Å². The number of halogens is 1. The molecule has 0 aliphatic rings. The monoisotopic (exact) mass is 443 g/mol. The van der Waals surface area contributed by atoms with Crippen molar-refractivity contribution in [3.63, 3.8) is 0 Å². The molecule has 0 bridgehead atoms. The Labute approximate surface area is 149 Å². The molecule has 0 N–H and O–H groups in total. The van der Waals surface area contributed by atoms with Crippen LogP contribution in [0, 0.1) is 6.92 Å². The van der Waals surface area contributed by atoms with Crippen molar-refractivity contribution < 1.29 is 0 Å². The van der Waals surface area contributed by atoms with Crippen LogP contribution in [-0.2, 0) is 7.05 Å². The van der Waals surface area contributed by atoms with Crippen molar-refractivity contribution in [1.82, 2.24) is 13.5 Å². The zero-order valence-electron chi connectivity index (χ0n) is 12.3. The number of aryl methyl sites for hydroxylation is 2. The number of nitrogens with zero attached hydrogens (tertiary/aromatic N) is 3. The van der Waals surface area contributed by atoms with Crippen molar-refractivity contribution in [2.24, 2.45) is 7.05 Å². The lowest BCUT2D eigenvalue weighted by Gasteiger charge is -2.09. The summed E-state index contributed by atoms with van der Waals surface area (Å²) in [5.41, 5.74) is 3.75. The summed E-state index contributed by atoms with van der Waals surface area (Å²) >= 11 is 3.82. The summed E-state index contributed by atoms with van der Waals surface area (Å²) in [6.45, 7) is 2.06. The van der Waals surface area contributed by atoms with E-state index in [1.54, 1.807) is 23.4 Å². The number of hydrogen-bond donors (Lipinski definition) is 0. The highest BCUT2D eigenvalue weighted by Crippen LogP contribution is 2.31. The lowest BCUT2D eigenvalue weighted by Crippen LogP contribution is -2.18. The van der Waals surface area contributed by atoms with Crippen molar-refractivity contribution in [3.8, 4) is 11.3 Å². The maximum atomic E-state index is 12.4. The molecule has 0 atom stereocenters. The van der Waals surface area contributed by atoms with Gasteiger partial charge >= 0.3 is 0 Å². The average molecular weight is 443 g/mol. The molecule has 3 aromatic rings. The quantitative estimate of drug-likeness (QED) is 0.448. The summed E-state index contributed by atoms with van der Waals surface area (Å²) in [6, 6.07) is 6.08. The molecular formula is C15H14IN3OS2. The first-order chi connectivity index (χ1) is 10.6. The molecule has 0 spiro atoms. The first kappa shape index (κ1) is 15.9. The summed E-state index contributed by atoms with van der Waals surface area (Å²) in [7, 11) is 3.27. The highest BCUT2D eigenvalue weighted by atomic mass is 127. The van der Waals surface area contributed by atoms with Gasteiger partial charge in [0.2, 0.25) is 0 Å². The topological polar surface area (TPSA) is 39.8 Å². The summed E-state index contributed by atoms with van der Waals surface area (Å²) < 4.78 is 3.52. The van der Waals surface area contributed by atoms with Crippen LogP contribution in [0.1, 0.15) is 5.56 Å². The molecule has 0 aromatic carbocycles. The first-order valence-electron chi connectivity index (χ1n) is 6.58. The molecule has 0 fully saturated rings. The minimum absolute atomic E-state index is 0.00474. The van der Waals surface area contributed by atoms with E-state index in [0.717, 1.165) is 27.2 Å². The number of fused-ring (bicyclic) bond motifs is 1. The molecule has 0 aliphatic carbocycles. The van der Waals surface area contributed by atoms with Crippen LogP contribution >= 0.6 is 42.1 Å². The van der Waals surface area contributed by atoms with E-state index >= 15 is 0 Å². The largest absolute Gasteiger partial charge is 0.316 e. The lowest BCUT2D eigenvalue weighted by atomic mass is 10.1. The average Bonchev–Trinajstić information content (AvgIpc) is 2.95. The zero-order valence-corrected chi connectivity index (χ0v) is 16.1. The molecule has 0 unspecified atom stereocenters. The summed E-state index contributed by atoms with van der Waals surface area (Å²) in [5.74, 6) is 0. The van der Waals surface area contributed by atoms with Crippen LogP contribution < -0.4 is 5.56 Å². The molecule has 0 radical (unpaired) electrons. The van der Waals surface area contributed by atoms with Gasteiger partial charge in [-0.2, -0.15) is 0 Å². The standard InChI is InChI=1S/C15H14IN3OS2/c1-9-4-5-12(17-14(9)21-3)11-8-18(2)15(20)13-10(11)6-7-19(13)22-16/h4-8H,1-3H3. The van der Waals surface area contributed by atoms with Crippen LogP contribution in [-0.4, -0.2) is 19.8 Å². The molecule has 0 amide bonds. The van der Waals surface area contributed by atoms with Crippen LogP contribution in [0.3, 0.4) is 0 Å². The Morgan fingerprint density at radius 3 is 2.73 bits per heavy atom. The normalized spacial score (nSPS) is 11.3. The molecule has 0 saturated carbocycles. The van der Waals surface area contributed by atoms with Crippen LogP contribution in [0.15, 0.2) is 40.4 Å². The fraction of sp³-hybridized carbons (Fsp3) is 0.200. The summed E-state index contributed by atoms with van der Waals surface area (Å²) in [4.78, 5) is 17.2. The maximum Gasteiger partial charge on any atom is 0.275 e. The SMILES string of the molecule is CSc1nc(-c2cn(C)c(=O)c3c2ccn3SI)ccc1C. The second-order valence-electron chi connectivity index (χ2n) is 4.95. The van der Waals surface area contributed by atoms with Gasteiger partial charge in [-0.1, -0.05) is 6.07 Å². The number of pyridine rings is 2. The van der Waals surface area contributed by atoms with E-state index in [0.29, 0.717) is 5.52 Å². The number of thioether (sulfide) groups is 1. The molecule has 4 nitrogen and oxygen atoms in total. The van der Waals surface area contributed by atoms with Gasteiger partial charge in [-0.3, -0.25) is 8.77 Å². The first-order valence-corrected chi connectivity index (χ1v) is 11.1. The third kappa shape index (κ3) is 2.59. The van der Waals surface area contributed by atoms with E-state index in [-0.39, 0.29) is 5.56 Å². The van der Waals surface area contributed by atoms with Crippen LogP contribution in [0.25, 0.3) is 22.2 Å². The van der Waals surface area contributed by atoms with Crippen molar-refractivity contribution in [2.75, 3.05) is 6.26 Å². The molecule has 114 valence electrons. The third-order valence-electron chi connectivity index (χ3n) is 3.58. The molecule has 3 heterocycles. The Balaban J connectivity index is 2.34. The molecule has 7 heteroatoms. The predicted octanol–water partition coefficient (Wildman–Crippen LogP) is 4.28. The Kier molecular flexibility index (Phi) is 4.56. The minimum Gasteiger partial charge on any atom is -0.316 e. The Bertz CT molecular complexity index is 917. The van der Waals surface area contributed by atoms with Gasteiger partial charge in [0.1, 0.15) is 5.52 Å². The van der Waals surface area contributed by atoms with E-state index in [2.05, 4.69) is 34.2 Å². The summed E-state index contributed by atoms with van der Waals surface area (Å²) in [5, 5.41) is 1.96. The van der Waals surface area contributed by atoms with Crippen molar-refractivity contribution in [1.29, 1.82) is 0 Å². The van der Waals surface area contributed by atoms with E-state index in [1.807, 2.05) is 34.8 Å². The van der Waals surface area contributed by atoms with Gasteiger partial charge in [-0.25, -0.2) is 4.98 Å². The smallest absolute Gasteiger partial charge is 0.275 e. The highest BCUT2D eigenvalue weighted by Gasteiger charge is 2.15. The molecule has 0 saturated heterocycles. The van der Waals surface area contributed by atoms with Gasteiger partial charge in [0, 0.05) is 60.7 Å². The lowest BCUT2D eigenvalue weighted by molar-refractivity contribution is 0.869. The van der Waals surface area contributed by atoms with Gasteiger partial charge in [0.15, 0.2) is 0 Å². The molecule has 22 heavy (non-hydrogen) atoms. The Morgan fingerprint density at radius 2 is 2.05 bits per heavy atom. The molecular weight excluding hydrogens is 429 g/mol. The van der Waals surface area contributed by atoms with Gasteiger partial charge in [-0.15, -0.1) is 11.8 Å². The zero-order chi connectivity index (χ0) is 15.9. The molecule has 3 aromatic heterocycles. The van der Waals surface area contributed by atoms with Gasteiger partial charge in [0.05, 0.1) is 10.7 Å². The Hall–Kier alpha value is -0.930. The van der Waals surface area contributed by atoms with Crippen molar-refractivity contribution in [2.45, 2.75) is 11.9 Å². The van der Waals surface area contributed by atoms with E-state index < -0.39 is 0 Å². The van der Waals surface area contributed by atoms with Crippen LogP contribution in [0.2, 0.25) is 0 Å². The Morgan fingerprint density at radius 1 is 1.27 bits per heavy atom. The van der Waals surface area contributed by atoms with Gasteiger partial charge < -0.3 is 4.57 Å². The fourth-order valence-corrected chi connectivity index (χ4v) is 4.38. The second-order valence-corrected chi connectivity index (χ2v) is 7.46. The van der Waals surface area contributed by atoms with E-state index in [4.69, 9.17) is 4.98 Å². The maximum absolute atomic E-state index is 12.4.